The Balaban J connectivity index is 1.47. The molecule has 27 heavy (non-hydrogen) atoms. The number of hydrogen-bond acceptors (Lipinski definition) is 5. The van der Waals surface area contributed by atoms with Crippen molar-refractivity contribution in [1.29, 1.82) is 0 Å². The molecule has 0 spiro atoms. The molecular formula is C20H22N2O5. The van der Waals surface area contributed by atoms with Crippen molar-refractivity contribution in [3.8, 4) is 0 Å². The Labute approximate surface area is 157 Å². The molecule has 2 atom stereocenters. The van der Waals surface area contributed by atoms with Crippen LogP contribution in [0.2, 0.25) is 0 Å². The lowest BCUT2D eigenvalue weighted by Crippen LogP contribution is -2.38. The van der Waals surface area contributed by atoms with Crippen molar-refractivity contribution < 1.29 is 23.9 Å². The van der Waals surface area contributed by atoms with Crippen molar-refractivity contribution in [2.75, 3.05) is 20.2 Å². The normalized spacial score (nSPS) is 21.1. The summed E-state index contributed by atoms with van der Waals surface area (Å²) in [6.45, 7) is -0.468. The standard InChI is InChI=1S/C20H22N2O5/c1-21(11-14-7-3-2-4-8-14)17(23)13-27-18(24)12-22-19(25)15-9-5-6-10-16(15)20(22)26/h2-8,15-16H,9-13H2,1H3. The molecule has 1 aliphatic carbocycles. The number of ether oxygens (including phenoxy) is 1. The molecule has 1 aromatic rings. The van der Waals surface area contributed by atoms with Crippen LogP contribution in [-0.4, -0.2) is 53.7 Å². The third-order valence-electron chi connectivity index (χ3n) is 4.93. The molecule has 1 heterocycles. The molecule has 142 valence electrons. The van der Waals surface area contributed by atoms with Gasteiger partial charge in [0, 0.05) is 13.6 Å². The Morgan fingerprint density at radius 2 is 1.67 bits per heavy atom. The second kappa shape index (κ2) is 8.16. The number of esters is 1. The molecule has 7 nitrogen and oxygen atoms in total. The number of fused-ring (bicyclic) bond motifs is 1. The maximum absolute atomic E-state index is 12.3. The number of nitrogens with zero attached hydrogens (tertiary/aromatic N) is 2. The summed E-state index contributed by atoms with van der Waals surface area (Å²) in [5, 5.41) is 0. The van der Waals surface area contributed by atoms with Gasteiger partial charge in [-0.3, -0.25) is 24.1 Å². The van der Waals surface area contributed by atoms with Crippen LogP contribution in [0.4, 0.5) is 0 Å². The molecule has 1 fully saturated rings. The van der Waals surface area contributed by atoms with Crippen LogP contribution in [0, 0.1) is 11.8 Å². The summed E-state index contributed by atoms with van der Waals surface area (Å²) in [6.07, 6.45) is 4.80. The number of rotatable bonds is 6. The first-order valence-corrected chi connectivity index (χ1v) is 8.91. The lowest BCUT2D eigenvalue weighted by Gasteiger charge is -2.18. The van der Waals surface area contributed by atoms with Gasteiger partial charge in [0.2, 0.25) is 11.8 Å². The van der Waals surface area contributed by atoms with Crippen LogP contribution in [0.25, 0.3) is 0 Å². The number of likely N-dealkylation sites (tertiary alicyclic amines) is 1. The van der Waals surface area contributed by atoms with Crippen molar-refractivity contribution in [1.82, 2.24) is 9.80 Å². The molecule has 1 saturated heterocycles. The monoisotopic (exact) mass is 370 g/mol. The summed E-state index contributed by atoms with van der Waals surface area (Å²) in [5.74, 6) is -2.55. The second-order valence-corrected chi connectivity index (χ2v) is 6.81. The highest BCUT2D eigenvalue weighted by molar-refractivity contribution is 6.07. The van der Waals surface area contributed by atoms with Crippen molar-refractivity contribution in [3.05, 3.63) is 48.0 Å². The van der Waals surface area contributed by atoms with Gasteiger partial charge in [0.15, 0.2) is 6.61 Å². The minimum atomic E-state index is -0.759. The van der Waals surface area contributed by atoms with Gasteiger partial charge in [-0.1, -0.05) is 42.5 Å². The van der Waals surface area contributed by atoms with E-state index < -0.39 is 19.1 Å². The number of likely N-dealkylation sites (N-methyl/N-ethyl adjacent to an activating group) is 1. The zero-order valence-electron chi connectivity index (χ0n) is 15.2. The SMILES string of the molecule is CN(Cc1ccccc1)C(=O)COC(=O)CN1C(=O)C2CC=CCC2C1=O. The third-order valence-corrected chi connectivity index (χ3v) is 4.93. The number of hydrogen-bond donors (Lipinski definition) is 0. The van der Waals surface area contributed by atoms with E-state index in [1.165, 1.54) is 4.90 Å². The summed E-state index contributed by atoms with van der Waals surface area (Å²) >= 11 is 0. The van der Waals surface area contributed by atoms with E-state index in [0.29, 0.717) is 19.4 Å². The summed E-state index contributed by atoms with van der Waals surface area (Å²) in [6, 6.07) is 9.44. The molecule has 2 unspecified atom stereocenters. The maximum Gasteiger partial charge on any atom is 0.326 e. The first kappa shape index (κ1) is 18.8. The molecule has 0 N–H and O–H groups in total. The van der Waals surface area contributed by atoms with Gasteiger partial charge in [-0.25, -0.2) is 0 Å². The van der Waals surface area contributed by atoms with Crippen LogP contribution in [0.3, 0.4) is 0 Å². The van der Waals surface area contributed by atoms with Crippen LogP contribution in [0.1, 0.15) is 18.4 Å². The molecule has 1 aliphatic heterocycles. The van der Waals surface area contributed by atoms with E-state index in [1.807, 2.05) is 42.5 Å². The number of allylic oxidation sites excluding steroid dienone is 2. The zero-order valence-corrected chi connectivity index (χ0v) is 15.2. The zero-order chi connectivity index (χ0) is 19.4. The lowest BCUT2D eigenvalue weighted by molar-refractivity contribution is -0.156. The summed E-state index contributed by atoms with van der Waals surface area (Å²) in [7, 11) is 1.62. The van der Waals surface area contributed by atoms with Gasteiger partial charge in [0.25, 0.3) is 5.91 Å². The molecule has 2 aliphatic rings. The second-order valence-electron chi connectivity index (χ2n) is 6.81. The average Bonchev–Trinajstić information content (AvgIpc) is 2.92. The van der Waals surface area contributed by atoms with E-state index in [-0.39, 0.29) is 29.6 Å². The predicted molar refractivity (Wildman–Crippen MR) is 95.9 cm³/mol. The predicted octanol–water partition coefficient (Wildman–Crippen LogP) is 1.14. The number of imide groups is 1. The molecule has 0 radical (unpaired) electrons. The number of carbonyl (C=O) groups is 4. The van der Waals surface area contributed by atoms with Gasteiger partial charge in [0.1, 0.15) is 6.54 Å². The van der Waals surface area contributed by atoms with Gasteiger partial charge >= 0.3 is 5.97 Å². The summed E-state index contributed by atoms with van der Waals surface area (Å²) < 4.78 is 4.98. The van der Waals surface area contributed by atoms with Gasteiger partial charge < -0.3 is 9.64 Å². The number of amides is 3. The van der Waals surface area contributed by atoms with Gasteiger partial charge in [-0.15, -0.1) is 0 Å². The largest absolute Gasteiger partial charge is 0.454 e. The highest BCUT2D eigenvalue weighted by Gasteiger charge is 2.47. The maximum atomic E-state index is 12.3. The molecule has 1 aromatic carbocycles. The van der Waals surface area contributed by atoms with Gasteiger partial charge in [0.05, 0.1) is 11.8 Å². The molecule has 0 saturated carbocycles. The molecule has 0 aromatic heterocycles. The van der Waals surface area contributed by atoms with Crippen LogP contribution >= 0.6 is 0 Å². The minimum Gasteiger partial charge on any atom is -0.454 e. The van der Waals surface area contributed by atoms with E-state index in [1.54, 1.807) is 7.05 Å². The fraction of sp³-hybridized carbons (Fsp3) is 0.400. The minimum absolute atomic E-state index is 0.334. The van der Waals surface area contributed by atoms with Crippen molar-refractivity contribution in [2.24, 2.45) is 11.8 Å². The van der Waals surface area contributed by atoms with Gasteiger partial charge in [-0.05, 0) is 18.4 Å². The Hall–Kier alpha value is -2.96. The summed E-state index contributed by atoms with van der Waals surface area (Å²) in [5.41, 5.74) is 0.962. The Morgan fingerprint density at radius 1 is 1.07 bits per heavy atom. The first-order chi connectivity index (χ1) is 13.0. The van der Waals surface area contributed by atoms with E-state index in [9.17, 15) is 19.2 Å². The quantitative estimate of drug-likeness (QED) is 0.426. The van der Waals surface area contributed by atoms with E-state index >= 15 is 0 Å². The van der Waals surface area contributed by atoms with Crippen LogP contribution in [-0.2, 0) is 30.5 Å². The Bertz CT molecular complexity index is 748. The van der Waals surface area contributed by atoms with E-state index in [2.05, 4.69) is 0 Å². The van der Waals surface area contributed by atoms with Crippen LogP contribution in [0.5, 0.6) is 0 Å². The van der Waals surface area contributed by atoms with Crippen molar-refractivity contribution >= 4 is 23.7 Å². The van der Waals surface area contributed by atoms with E-state index in [0.717, 1.165) is 10.5 Å². The highest BCUT2D eigenvalue weighted by atomic mass is 16.5. The highest BCUT2D eigenvalue weighted by Crippen LogP contribution is 2.34. The van der Waals surface area contributed by atoms with Crippen molar-refractivity contribution in [2.45, 2.75) is 19.4 Å². The topological polar surface area (TPSA) is 84.0 Å². The Morgan fingerprint density at radius 3 is 2.26 bits per heavy atom. The molecule has 0 bridgehead atoms. The first-order valence-electron chi connectivity index (χ1n) is 8.91. The smallest absolute Gasteiger partial charge is 0.326 e. The molecule has 3 amide bonds. The van der Waals surface area contributed by atoms with E-state index in [4.69, 9.17) is 4.74 Å². The molecular weight excluding hydrogens is 348 g/mol. The fourth-order valence-electron chi connectivity index (χ4n) is 3.40. The Kier molecular flexibility index (Phi) is 5.69. The van der Waals surface area contributed by atoms with Gasteiger partial charge in [-0.2, -0.15) is 0 Å². The number of carbonyl (C=O) groups excluding carboxylic acids is 4. The summed E-state index contributed by atoms with van der Waals surface area (Å²) in [4.78, 5) is 51.2. The lowest BCUT2D eigenvalue weighted by atomic mass is 9.85. The fourth-order valence-corrected chi connectivity index (χ4v) is 3.40. The third kappa shape index (κ3) is 4.24. The molecule has 7 heteroatoms. The van der Waals surface area contributed by atoms with Crippen molar-refractivity contribution in [3.63, 3.8) is 0 Å². The molecule has 3 rings (SSSR count). The number of benzene rings is 1. The van der Waals surface area contributed by atoms with Crippen LogP contribution in [0.15, 0.2) is 42.5 Å². The average molecular weight is 370 g/mol. The van der Waals surface area contributed by atoms with Crippen LogP contribution < -0.4 is 0 Å².